The van der Waals surface area contributed by atoms with Gasteiger partial charge in [-0.3, -0.25) is 0 Å². The van der Waals surface area contributed by atoms with Gasteiger partial charge in [0.1, 0.15) is 0 Å². The minimum Gasteiger partial charge on any atom is -0.326 e. The van der Waals surface area contributed by atoms with Crippen LogP contribution in [0, 0.1) is 0 Å². The SMILES string of the molecule is CNCCC(C)(C)N. The predicted molar refractivity (Wildman–Crippen MR) is 36.8 cm³/mol. The van der Waals surface area contributed by atoms with Crippen LogP contribution in [0.5, 0.6) is 0 Å². The number of hydrogen-bond acceptors (Lipinski definition) is 2. The number of hydrogen-bond donors (Lipinski definition) is 2. The Balaban J connectivity index is 3.11. The summed E-state index contributed by atoms with van der Waals surface area (Å²) >= 11 is 0. The van der Waals surface area contributed by atoms with Gasteiger partial charge in [0.05, 0.1) is 0 Å². The number of nitrogens with one attached hydrogen (secondary N) is 1. The smallest absolute Gasteiger partial charge is 0.0109 e. The van der Waals surface area contributed by atoms with Crippen molar-refractivity contribution in [3.05, 3.63) is 0 Å². The van der Waals surface area contributed by atoms with Crippen LogP contribution in [0.2, 0.25) is 0 Å². The molecule has 2 heteroatoms. The van der Waals surface area contributed by atoms with Gasteiger partial charge in [-0.15, -0.1) is 0 Å². The van der Waals surface area contributed by atoms with Crippen molar-refractivity contribution in [1.82, 2.24) is 5.32 Å². The van der Waals surface area contributed by atoms with E-state index in [9.17, 15) is 0 Å². The fraction of sp³-hybridized carbons (Fsp3) is 1.00. The summed E-state index contributed by atoms with van der Waals surface area (Å²) in [5.41, 5.74) is 5.67. The zero-order valence-corrected chi connectivity index (χ0v) is 5.99. The van der Waals surface area contributed by atoms with Crippen molar-refractivity contribution < 1.29 is 0 Å². The molecule has 50 valence electrons. The third kappa shape index (κ3) is 5.92. The molecule has 2 nitrogen and oxygen atoms in total. The highest BCUT2D eigenvalue weighted by Crippen LogP contribution is 2.00. The van der Waals surface area contributed by atoms with Crippen LogP contribution < -0.4 is 11.1 Å². The highest BCUT2D eigenvalue weighted by Gasteiger charge is 2.07. The first-order chi connectivity index (χ1) is 3.56. The van der Waals surface area contributed by atoms with E-state index in [-0.39, 0.29) is 5.54 Å². The first-order valence-electron chi connectivity index (χ1n) is 3.00. The van der Waals surface area contributed by atoms with Crippen LogP contribution in [-0.4, -0.2) is 19.1 Å². The molecule has 3 N–H and O–H groups in total. The Morgan fingerprint density at radius 1 is 1.50 bits per heavy atom. The lowest BCUT2D eigenvalue weighted by atomic mass is 10.0. The summed E-state index contributed by atoms with van der Waals surface area (Å²) in [6, 6.07) is 0. The second kappa shape index (κ2) is 3.05. The van der Waals surface area contributed by atoms with E-state index in [1.807, 2.05) is 20.9 Å². The third-order valence-electron chi connectivity index (χ3n) is 1.02. The molecule has 0 heterocycles. The molecule has 8 heavy (non-hydrogen) atoms. The molecule has 0 fully saturated rings. The summed E-state index contributed by atoms with van der Waals surface area (Å²) < 4.78 is 0. The zero-order chi connectivity index (χ0) is 6.62. The van der Waals surface area contributed by atoms with Crippen molar-refractivity contribution in [2.75, 3.05) is 13.6 Å². The van der Waals surface area contributed by atoms with E-state index in [1.165, 1.54) is 0 Å². The van der Waals surface area contributed by atoms with Crippen LogP contribution in [0.25, 0.3) is 0 Å². The molecule has 0 rings (SSSR count). The molecule has 0 aliphatic carbocycles. The predicted octanol–water partition coefficient (Wildman–Crippen LogP) is 0.333. The molecular weight excluding hydrogens is 100 g/mol. The molecule has 0 aliphatic heterocycles. The minimum atomic E-state index is -0.0109. The Bertz CT molecular complexity index is 54.0. The molecular formula is C6H16N2. The largest absolute Gasteiger partial charge is 0.326 e. The molecule has 0 saturated carbocycles. The summed E-state index contributed by atoms with van der Waals surface area (Å²) in [6.07, 6.45) is 1.03. The molecule has 0 spiro atoms. The minimum absolute atomic E-state index is 0.0109. The van der Waals surface area contributed by atoms with Gasteiger partial charge in [0.2, 0.25) is 0 Å². The number of rotatable bonds is 3. The molecule has 0 aromatic carbocycles. The lowest BCUT2D eigenvalue weighted by Crippen LogP contribution is -2.34. The average molecular weight is 116 g/mol. The monoisotopic (exact) mass is 116 g/mol. The summed E-state index contributed by atoms with van der Waals surface area (Å²) in [4.78, 5) is 0. The van der Waals surface area contributed by atoms with Gasteiger partial charge in [0, 0.05) is 5.54 Å². The quantitative estimate of drug-likeness (QED) is 0.558. The van der Waals surface area contributed by atoms with Gasteiger partial charge in [-0.25, -0.2) is 0 Å². The van der Waals surface area contributed by atoms with Crippen LogP contribution in [-0.2, 0) is 0 Å². The van der Waals surface area contributed by atoms with Gasteiger partial charge in [-0.2, -0.15) is 0 Å². The Hall–Kier alpha value is -0.0800. The lowest BCUT2D eigenvalue weighted by molar-refractivity contribution is 0.466. The van der Waals surface area contributed by atoms with Crippen LogP contribution in [0.3, 0.4) is 0 Å². The maximum Gasteiger partial charge on any atom is 0.0109 e. The normalized spacial score (nSPS) is 12.0. The molecule has 0 unspecified atom stereocenters. The standard InChI is InChI=1S/C6H16N2/c1-6(2,7)4-5-8-3/h8H,4-5,7H2,1-3H3. The van der Waals surface area contributed by atoms with Crippen molar-refractivity contribution in [2.45, 2.75) is 25.8 Å². The maximum absolute atomic E-state index is 5.68. The van der Waals surface area contributed by atoms with E-state index in [0.717, 1.165) is 13.0 Å². The fourth-order valence-corrected chi connectivity index (χ4v) is 0.447. The summed E-state index contributed by atoms with van der Waals surface area (Å²) in [5.74, 6) is 0. The van der Waals surface area contributed by atoms with Crippen molar-refractivity contribution in [2.24, 2.45) is 5.73 Å². The van der Waals surface area contributed by atoms with Crippen molar-refractivity contribution in [1.29, 1.82) is 0 Å². The van der Waals surface area contributed by atoms with Crippen LogP contribution in [0.4, 0.5) is 0 Å². The van der Waals surface area contributed by atoms with Gasteiger partial charge in [-0.05, 0) is 33.9 Å². The summed E-state index contributed by atoms with van der Waals surface area (Å²) in [7, 11) is 1.94. The lowest BCUT2D eigenvalue weighted by Gasteiger charge is -2.17. The van der Waals surface area contributed by atoms with Gasteiger partial charge in [0.25, 0.3) is 0 Å². The van der Waals surface area contributed by atoms with Gasteiger partial charge in [-0.1, -0.05) is 0 Å². The van der Waals surface area contributed by atoms with Gasteiger partial charge < -0.3 is 11.1 Å². The molecule has 0 aromatic heterocycles. The van der Waals surface area contributed by atoms with Gasteiger partial charge >= 0.3 is 0 Å². The second-order valence-corrected chi connectivity index (χ2v) is 2.84. The third-order valence-corrected chi connectivity index (χ3v) is 1.02. The van der Waals surface area contributed by atoms with E-state index in [4.69, 9.17) is 5.73 Å². The van der Waals surface area contributed by atoms with Crippen molar-refractivity contribution in [3.63, 3.8) is 0 Å². The van der Waals surface area contributed by atoms with E-state index >= 15 is 0 Å². The van der Waals surface area contributed by atoms with E-state index < -0.39 is 0 Å². The topological polar surface area (TPSA) is 38.0 Å². The first-order valence-corrected chi connectivity index (χ1v) is 3.00. The molecule has 0 bridgehead atoms. The molecule has 0 saturated heterocycles. The summed E-state index contributed by atoms with van der Waals surface area (Å²) in [6.45, 7) is 5.07. The molecule has 0 amide bonds. The molecule has 0 aromatic rings. The van der Waals surface area contributed by atoms with Gasteiger partial charge in [0.15, 0.2) is 0 Å². The Morgan fingerprint density at radius 3 is 2.12 bits per heavy atom. The molecule has 0 radical (unpaired) electrons. The highest BCUT2D eigenvalue weighted by atomic mass is 14.8. The van der Waals surface area contributed by atoms with E-state index in [0.29, 0.717) is 0 Å². The van der Waals surface area contributed by atoms with Crippen molar-refractivity contribution >= 4 is 0 Å². The van der Waals surface area contributed by atoms with E-state index in [2.05, 4.69) is 5.32 Å². The average Bonchev–Trinajstić information content (AvgIpc) is 1.59. The Labute approximate surface area is 51.5 Å². The fourth-order valence-electron chi connectivity index (χ4n) is 0.447. The Kier molecular flexibility index (Phi) is 3.02. The first kappa shape index (κ1) is 7.92. The van der Waals surface area contributed by atoms with Crippen LogP contribution in [0.1, 0.15) is 20.3 Å². The maximum atomic E-state index is 5.68. The second-order valence-electron chi connectivity index (χ2n) is 2.84. The van der Waals surface area contributed by atoms with Crippen LogP contribution >= 0.6 is 0 Å². The summed E-state index contributed by atoms with van der Waals surface area (Å²) in [5, 5.41) is 3.04. The zero-order valence-electron chi connectivity index (χ0n) is 5.99. The molecule has 0 aliphatic rings. The van der Waals surface area contributed by atoms with Crippen molar-refractivity contribution in [3.8, 4) is 0 Å². The highest BCUT2D eigenvalue weighted by molar-refractivity contribution is 4.71. The van der Waals surface area contributed by atoms with Crippen LogP contribution in [0.15, 0.2) is 0 Å². The molecule has 0 atom stereocenters. The Morgan fingerprint density at radius 2 is 2.00 bits per heavy atom. The number of nitrogens with two attached hydrogens (primary N) is 1. The van der Waals surface area contributed by atoms with E-state index in [1.54, 1.807) is 0 Å².